The van der Waals surface area contributed by atoms with Gasteiger partial charge in [-0.05, 0) is 48.6 Å². The third kappa shape index (κ3) is 7.03. The van der Waals surface area contributed by atoms with Crippen LogP contribution >= 0.6 is 0 Å². The SMILES string of the molecule is CC(C)CN(C[C@H](O)[C@H](Cc1ccccc1)NC(=O)O[C@H]1CO[C@H]2OCC[C@H]21)S(=O)(=O)c1ccc(N)cc1. The summed E-state index contributed by atoms with van der Waals surface area (Å²) in [6.07, 6.45) is -1.69. The summed E-state index contributed by atoms with van der Waals surface area (Å²) in [5.74, 6) is -0.0231. The van der Waals surface area contributed by atoms with Crippen molar-refractivity contribution in [3.63, 3.8) is 0 Å². The Morgan fingerprint density at radius 1 is 1.13 bits per heavy atom. The molecule has 5 atom stereocenters. The minimum absolute atomic E-state index is 0.000183. The van der Waals surface area contributed by atoms with Gasteiger partial charge in [0.25, 0.3) is 0 Å². The van der Waals surface area contributed by atoms with Crippen LogP contribution in [-0.4, -0.2) is 74.8 Å². The van der Waals surface area contributed by atoms with E-state index in [2.05, 4.69) is 5.32 Å². The molecule has 2 saturated heterocycles. The maximum absolute atomic E-state index is 13.5. The molecule has 2 heterocycles. The molecule has 0 bridgehead atoms. The van der Waals surface area contributed by atoms with E-state index < -0.39 is 34.4 Å². The number of carbonyl (C=O) groups excluding carboxylic acids is 1. The molecular formula is C27H37N3O7S. The van der Waals surface area contributed by atoms with E-state index in [4.69, 9.17) is 19.9 Å². The minimum Gasteiger partial charge on any atom is -0.443 e. The van der Waals surface area contributed by atoms with Crippen molar-refractivity contribution in [3.8, 4) is 0 Å². The number of fused-ring (bicyclic) bond motifs is 1. The van der Waals surface area contributed by atoms with E-state index in [9.17, 15) is 18.3 Å². The van der Waals surface area contributed by atoms with Crippen molar-refractivity contribution in [3.05, 3.63) is 60.2 Å². The molecule has 2 aliphatic rings. The van der Waals surface area contributed by atoms with Crippen LogP contribution in [0.15, 0.2) is 59.5 Å². The number of anilines is 1. The van der Waals surface area contributed by atoms with Crippen molar-refractivity contribution >= 4 is 21.8 Å². The molecule has 0 aromatic heterocycles. The maximum Gasteiger partial charge on any atom is 0.407 e. The number of alkyl carbamates (subject to hydrolysis) is 1. The number of nitrogens with two attached hydrogens (primary N) is 1. The van der Waals surface area contributed by atoms with Gasteiger partial charge in [0.15, 0.2) is 6.29 Å². The second-order valence-corrected chi connectivity index (χ2v) is 12.2. The Hall–Kier alpha value is -2.70. The summed E-state index contributed by atoms with van der Waals surface area (Å²) in [7, 11) is -3.93. The number of nitrogens with one attached hydrogen (secondary N) is 1. The quantitative estimate of drug-likeness (QED) is 0.364. The summed E-state index contributed by atoms with van der Waals surface area (Å²) in [5, 5.41) is 14.1. The van der Waals surface area contributed by atoms with Gasteiger partial charge in [0.1, 0.15) is 6.10 Å². The second kappa shape index (κ2) is 12.4. The molecule has 11 heteroatoms. The summed E-state index contributed by atoms with van der Waals surface area (Å²) in [6, 6.07) is 14.5. The number of hydrogen-bond donors (Lipinski definition) is 3. The van der Waals surface area contributed by atoms with Crippen LogP contribution in [0.25, 0.3) is 0 Å². The molecule has 0 aliphatic carbocycles. The molecule has 1 amide bonds. The van der Waals surface area contributed by atoms with Crippen molar-refractivity contribution in [2.75, 3.05) is 32.0 Å². The molecule has 2 aliphatic heterocycles. The van der Waals surface area contributed by atoms with Crippen molar-refractivity contribution in [2.24, 2.45) is 11.8 Å². The molecule has 0 unspecified atom stereocenters. The molecule has 0 saturated carbocycles. The van der Waals surface area contributed by atoms with Crippen LogP contribution in [0.5, 0.6) is 0 Å². The normalized spacial score (nSPS) is 22.8. The highest BCUT2D eigenvalue weighted by atomic mass is 32.2. The fourth-order valence-corrected chi connectivity index (χ4v) is 6.45. The van der Waals surface area contributed by atoms with Crippen LogP contribution in [0.4, 0.5) is 10.5 Å². The van der Waals surface area contributed by atoms with Gasteiger partial charge in [-0.15, -0.1) is 0 Å². The largest absolute Gasteiger partial charge is 0.443 e. The summed E-state index contributed by atoms with van der Waals surface area (Å²) >= 11 is 0. The number of rotatable bonds is 11. The van der Waals surface area contributed by atoms with Crippen LogP contribution in [0.2, 0.25) is 0 Å². The number of nitrogen functional groups attached to an aromatic ring is 1. The van der Waals surface area contributed by atoms with Gasteiger partial charge in [-0.2, -0.15) is 4.31 Å². The van der Waals surface area contributed by atoms with Gasteiger partial charge in [-0.25, -0.2) is 13.2 Å². The van der Waals surface area contributed by atoms with Crippen molar-refractivity contribution in [1.29, 1.82) is 0 Å². The van der Waals surface area contributed by atoms with Crippen LogP contribution in [-0.2, 0) is 30.7 Å². The molecule has 0 spiro atoms. The van der Waals surface area contributed by atoms with Crippen LogP contribution in [0.1, 0.15) is 25.8 Å². The summed E-state index contributed by atoms with van der Waals surface area (Å²) in [6.45, 7) is 4.58. The van der Waals surface area contributed by atoms with Gasteiger partial charge in [0.2, 0.25) is 10.0 Å². The van der Waals surface area contributed by atoms with Gasteiger partial charge in [0, 0.05) is 18.8 Å². The Morgan fingerprint density at radius 3 is 2.53 bits per heavy atom. The summed E-state index contributed by atoms with van der Waals surface area (Å²) in [4.78, 5) is 13.0. The number of aliphatic hydroxyl groups is 1. The monoisotopic (exact) mass is 547 g/mol. The highest BCUT2D eigenvalue weighted by Crippen LogP contribution is 2.33. The second-order valence-electron chi connectivity index (χ2n) is 10.3. The van der Waals surface area contributed by atoms with Crippen molar-refractivity contribution in [1.82, 2.24) is 9.62 Å². The average Bonchev–Trinajstić information content (AvgIpc) is 3.49. The number of nitrogens with zero attached hydrogens (tertiary/aromatic N) is 1. The molecule has 10 nitrogen and oxygen atoms in total. The number of amides is 1. The fourth-order valence-electron chi connectivity index (χ4n) is 4.82. The van der Waals surface area contributed by atoms with Gasteiger partial charge >= 0.3 is 6.09 Å². The highest BCUT2D eigenvalue weighted by Gasteiger charge is 2.44. The van der Waals surface area contributed by atoms with E-state index in [1.165, 1.54) is 28.6 Å². The van der Waals surface area contributed by atoms with Gasteiger partial charge in [0.05, 0.1) is 36.2 Å². The first kappa shape index (κ1) is 28.3. The average molecular weight is 548 g/mol. The third-order valence-electron chi connectivity index (χ3n) is 6.79. The number of carbonyl (C=O) groups is 1. The summed E-state index contributed by atoms with van der Waals surface area (Å²) in [5.41, 5.74) is 7.07. The molecule has 2 fully saturated rings. The topological polar surface area (TPSA) is 140 Å². The molecule has 2 aromatic rings. The molecule has 2 aromatic carbocycles. The minimum atomic E-state index is -3.93. The number of hydrogen-bond acceptors (Lipinski definition) is 8. The Balaban J connectivity index is 1.51. The van der Waals surface area contributed by atoms with Crippen molar-refractivity contribution < 1.29 is 32.5 Å². The Morgan fingerprint density at radius 2 is 1.84 bits per heavy atom. The fraction of sp³-hybridized carbons (Fsp3) is 0.519. The predicted molar refractivity (Wildman–Crippen MR) is 142 cm³/mol. The number of sulfonamides is 1. The number of aliphatic hydroxyl groups excluding tert-OH is 1. The lowest BCUT2D eigenvalue weighted by atomic mass is 10.0. The molecule has 4 N–H and O–H groups in total. The van der Waals surface area contributed by atoms with E-state index in [0.717, 1.165) is 12.0 Å². The first-order chi connectivity index (χ1) is 18.1. The maximum atomic E-state index is 13.5. The van der Waals surface area contributed by atoms with E-state index in [-0.39, 0.29) is 49.1 Å². The lowest BCUT2D eigenvalue weighted by Crippen LogP contribution is -2.51. The van der Waals surface area contributed by atoms with E-state index in [0.29, 0.717) is 12.3 Å². The first-order valence-electron chi connectivity index (χ1n) is 12.9. The third-order valence-corrected chi connectivity index (χ3v) is 8.63. The van der Waals surface area contributed by atoms with E-state index in [1.807, 2.05) is 44.2 Å². The zero-order valence-electron chi connectivity index (χ0n) is 21.7. The van der Waals surface area contributed by atoms with E-state index in [1.54, 1.807) is 0 Å². The summed E-state index contributed by atoms with van der Waals surface area (Å²) < 4.78 is 44.9. The smallest absolute Gasteiger partial charge is 0.407 e. The Bertz CT molecular complexity index is 1160. The molecule has 38 heavy (non-hydrogen) atoms. The molecule has 208 valence electrons. The van der Waals surface area contributed by atoms with Crippen molar-refractivity contribution in [2.45, 2.75) is 56.1 Å². The number of benzene rings is 2. The lowest BCUT2D eigenvalue weighted by Gasteiger charge is -2.31. The molecule has 0 radical (unpaired) electrons. The molecular weight excluding hydrogens is 510 g/mol. The van der Waals surface area contributed by atoms with Crippen LogP contribution in [0.3, 0.4) is 0 Å². The van der Waals surface area contributed by atoms with Gasteiger partial charge in [-0.1, -0.05) is 44.2 Å². The first-order valence-corrected chi connectivity index (χ1v) is 14.4. The highest BCUT2D eigenvalue weighted by molar-refractivity contribution is 7.89. The Labute approximate surface area is 224 Å². The zero-order chi connectivity index (χ0) is 27.3. The molecule has 4 rings (SSSR count). The predicted octanol–water partition coefficient (Wildman–Crippen LogP) is 2.38. The standard InChI is InChI=1S/C27H37N3O7S/c1-18(2)15-30(38(33,34)21-10-8-20(28)9-11-21)16-24(31)23(14-19-6-4-3-5-7-19)29-27(32)37-25-17-36-26-22(25)12-13-35-26/h3-11,18,22-26,31H,12-17,28H2,1-2H3,(H,29,32)/t22-,23-,24-,25-,26+/m0/s1. The van der Waals surface area contributed by atoms with E-state index >= 15 is 0 Å². The van der Waals surface area contributed by atoms with Crippen LogP contribution in [0, 0.1) is 11.8 Å². The van der Waals surface area contributed by atoms with Gasteiger partial charge < -0.3 is 30.4 Å². The zero-order valence-corrected chi connectivity index (χ0v) is 22.5. The van der Waals surface area contributed by atoms with Gasteiger partial charge in [-0.3, -0.25) is 0 Å². The number of ether oxygens (including phenoxy) is 3. The lowest BCUT2D eigenvalue weighted by molar-refractivity contribution is -0.0907. The van der Waals surface area contributed by atoms with Crippen LogP contribution < -0.4 is 11.1 Å². The Kier molecular flexibility index (Phi) is 9.27.